The van der Waals surface area contributed by atoms with Crippen LogP contribution in [-0.2, 0) is 4.74 Å². The van der Waals surface area contributed by atoms with Gasteiger partial charge in [-0.1, -0.05) is 0 Å². The minimum Gasteiger partial charge on any atom is -0.377 e. The Hall–Kier alpha value is -0.160. The summed E-state index contributed by atoms with van der Waals surface area (Å²) in [5.41, 5.74) is 6.15. The highest BCUT2D eigenvalue weighted by molar-refractivity contribution is 4.94. The number of nitrogens with zero attached hydrogens (tertiary/aromatic N) is 2. The molecule has 2 saturated heterocycles. The fourth-order valence-electron chi connectivity index (χ4n) is 2.91. The number of piperazine rings is 1. The monoisotopic (exact) mass is 241 g/mol. The van der Waals surface area contributed by atoms with E-state index in [1.54, 1.807) is 0 Å². The molecule has 2 aliphatic heterocycles. The van der Waals surface area contributed by atoms with Gasteiger partial charge < -0.3 is 10.5 Å². The van der Waals surface area contributed by atoms with E-state index in [2.05, 4.69) is 30.7 Å². The van der Waals surface area contributed by atoms with E-state index in [0.29, 0.717) is 12.1 Å². The average molecular weight is 241 g/mol. The zero-order valence-electron chi connectivity index (χ0n) is 11.5. The maximum atomic E-state index is 5.91. The minimum absolute atomic E-state index is 0.240. The first-order chi connectivity index (χ1) is 8.03. The van der Waals surface area contributed by atoms with Crippen LogP contribution in [0.3, 0.4) is 0 Å². The molecule has 17 heavy (non-hydrogen) atoms. The average Bonchev–Trinajstić information content (AvgIpc) is 2.75. The fourth-order valence-corrected chi connectivity index (χ4v) is 2.91. The Bertz CT molecular complexity index is 251. The first-order valence-corrected chi connectivity index (χ1v) is 6.80. The quantitative estimate of drug-likeness (QED) is 0.782. The summed E-state index contributed by atoms with van der Waals surface area (Å²) < 4.78 is 5.75. The molecular weight excluding hydrogens is 214 g/mol. The molecule has 2 N–H and O–H groups in total. The Morgan fingerprint density at radius 3 is 2.76 bits per heavy atom. The van der Waals surface area contributed by atoms with Gasteiger partial charge in [-0.05, 0) is 33.7 Å². The van der Waals surface area contributed by atoms with Crippen molar-refractivity contribution in [3.63, 3.8) is 0 Å². The van der Waals surface area contributed by atoms with E-state index in [4.69, 9.17) is 10.5 Å². The van der Waals surface area contributed by atoms with E-state index in [-0.39, 0.29) is 5.54 Å². The summed E-state index contributed by atoms with van der Waals surface area (Å²) in [6, 6.07) is 0.484. The van der Waals surface area contributed by atoms with Crippen molar-refractivity contribution in [2.75, 3.05) is 39.8 Å². The topological polar surface area (TPSA) is 41.7 Å². The molecule has 0 aromatic heterocycles. The molecule has 0 aliphatic carbocycles. The Morgan fingerprint density at radius 1 is 1.41 bits per heavy atom. The third-order valence-electron chi connectivity index (χ3n) is 4.36. The Balaban J connectivity index is 1.97. The normalized spacial score (nSPS) is 35.3. The van der Waals surface area contributed by atoms with Crippen LogP contribution in [0.4, 0.5) is 0 Å². The molecule has 0 saturated carbocycles. The maximum absolute atomic E-state index is 5.91. The van der Waals surface area contributed by atoms with Crippen molar-refractivity contribution < 1.29 is 4.74 Å². The molecule has 4 heteroatoms. The van der Waals surface area contributed by atoms with E-state index >= 15 is 0 Å². The van der Waals surface area contributed by atoms with Crippen molar-refractivity contribution >= 4 is 0 Å². The summed E-state index contributed by atoms with van der Waals surface area (Å²) >= 11 is 0. The number of hydrogen-bond donors (Lipinski definition) is 1. The van der Waals surface area contributed by atoms with Crippen molar-refractivity contribution in [2.24, 2.45) is 5.73 Å². The Labute approximate surface area is 105 Å². The second kappa shape index (κ2) is 5.22. The molecule has 100 valence electrons. The summed E-state index contributed by atoms with van der Waals surface area (Å²) in [5.74, 6) is 0. The lowest BCUT2D eigenvalue weighted by Gasteiger charge is -2.50. The number of rotatable bonds is 3. The molecule has 0 bridgehead atoms. The van der Waals surface area contributed by atoms with Gasteiger partial charge in [0.1, 0.15) is 0 Å². The van der Waals surface area contributed by atoms with E-state index in [0.717, 1.165) is 32.8 Å². The SMILES string of the molecule is CN1CC(CN)N(CC2CCCO2)CC1(C)C. The molecule has 0 spiro atoms. The van der Waals surface area contributed by atoms with Crippen LogP contribution in [0.2, 0.25) is 0 Å². The smallest absolute Gasteiger partial charge is 0.0702 e. The van der Waals surface area contributed by atoms with Gasteiger partial charge in [-0.2, -0.15) is 0 Å². The zero-order valence-corrected chi connectivity index (χ0v) is 11.5. The van der Waals surface area contributed by atoms with Gasteiger partial charge in [-0.25, -0.2) is 0 Å². The molecule has 2 aliphatic rings. The molecule has 2 unspecified atom stereocenters. The van der Waals surface area contributed by atoms with Crippen LogP contribution >= 0.6 is 0 Å². The molecule has 2 fully saturated rings. The zero-order chi connectivity index (χ0) is 12.5. The van der Waals surface area contributed by atoms with Crippen LogP contribution in [0.5, 0.6) is 0 Å². The Kier molecular flexibility index (Phi) is 4.08. The first-order valence-electron chi connectivity index (χ1n) is 6.80. The molecule has 2 atom stereocenters. The number of nitrogens with two attached hydrogens (primary N) is 1. The van der Waals surface area contributed by atoms with Gasteiger partial charge in [-0.15, -0.1) is 0 Å². The summed E-state index contributed by atoms with van der Waals surface area (Å²) in [5, 5.41) is 0. The molecule has 2 heterocycles. The summed E-state index contributed by atoms with van der Waals surface area (Å²) in [6.07, 6.45) is 2.86. The Morgan fingerprint density at radius 2 is 2.18 bits per heavy atom. The lowest BCUT2D eigenvalue weighted by molar-refractivity contribution is -0.0245. The van der Waals surface area contributed by atoms with Crippen molar-refractivity contribution in [2.45, 2.75) is 44.4 Å². The predicted molar refractivity (Wildman–Crippen MR) is 70.1 cm³/mol. The molecule has 0 aromatic carbocycles. The summed E-state index contributed by atoms with van der Waals surface area (Å²) in [6.45, 7) is 9.51. The summed E-state index contributed by atoms with van der Waals surface area (Å²) in [4.78, 5) is 4.96. The molecule has 0 aromatic rings. The van der Waals surface area contributed by atoms with Gasteiger partial charge in [0, 0.05) is 44.4 Å². The lowest BCUT2D eigenvalue weighted by atomic mass is 9.95. The fraction of sp³-hybridized carbons (Fsp3) is 1.00. The van der Waals surface area contributed by atoms with Crippen molar-refractivity contribution in [3.8, 4) is 0 Å². The molecule has 4 nitrogen and oxygen atoms in total. The highest BCUT2D eigenvalue weighted by atomic mass is 16.5. The second-order valence-corrected chi connectivity index (χ2v) is 6.15. The third kappa shape index (κ3) is 2.99. The van der Waals surface area contributed by atoms with Gasteiger partial charge in [0.05, 0.1) is 6.10 Å². The maximum Gasteiger partial charge on any atom is 0.0702 e. The highest BCUT2D eigenvalue weighted by Gasteiger charge is 2.37. The highest BCUT2D eigenvalue weighted by Crippen LogP contribution is 2.24. The van der Waals surface area contributed by atoms with Crippen LogP contribution in [0.25, 0.3) is 0 Å². The molecule has 0 radical (unpaired) electrons. The van der Waals surface area contributed by atoms with Gasteiger partial charge in [0.25, 0.3) is 0 Å². The molecular formula is C13H27N3O. The first kappa shape index (κ1) is 13.3. The summed E-state index contributed by atoms with van der Waals surface area (Å²) in [7, 11) is 2.20. The molecule has 0 amide bonds. The van der Waals surface area contributed by atoms with E-state index in [9.17, 15) is 0 Å². The standard InChI is InChI=1S/C13H27N3O/c1-13(2)10-16(9-12-5-4-6-17-12)11(7-14)8-15(13)3/h11-12H,4-10,14H2,1-3H3. The van der Waals surface area contributed by atoms with Crippen molar-refractivity contribution in [3.05, 3.63) is 0 Å². The van der Waals surface area contributed by atoms with E-state index < -0.39 is 0 Å². The van der Waals surface area contributed by atoms with Crippen LogP contribution in [0.1, 0.15) is 26.7 Å². The largest absolute Gasteiger partial charge is 0.377 e. The number of ether oxygens (including phenoxy) is 1. The second-order valence-electron chi connectivity index (χ2n) is 6.15. The van der Waals surface area contributed by atoms with Crippen LogP contribution < -0.4 is 5.73 Å². The van der Waals surface area contributed by atoms with Gasteiger partial charge >= 0.3 is 0 Å². The third-order valence-corrected chi connectivity index (χ3v) is 4.36. The van der Waals surface area contributed by atoms with Gasteiger partial charge in [0.2, 0.25) is 0 Å². The van der Waals surface area contributed by atoms with Crippen LogP contribution in [-0.4, -0.2) is 67.3 Å². The van der Waals surface area contributed by atoms with Gasteiger partial charge in [0.15, 0.2) is 0 Å². The molecule has 2 rings (SSSR count). The van der Waals surface area contributed by atoms with E-state index in [1.165, 1.54) is 12.8 Å². The van der Waals surface area contributed by atoms with Crippen LogP contribution in [0.15, 0.2) is 0 Å². The number of likely N-dealkylation sites (N-methyl/N-ethyl adjacent to an activating group) is 1. The van der Waals surface area contributed by atoms with E-state index in [1.807, 2.05) is 0 Å². The van der Waals surface area contributed by atoms with Gasteiger partial charge in [-0.3, -0.25) is 9.80 Å². The van der Waals surface area contributed by atoms with Crippen molar-refractivity contribution in [1.82, 2.24) is 9.80 Å². The minimum atomic E-state index is 0.240. The predicted octanol–water partition coefficient (Wildman–Crippen LogP) is 0.519. The van der Waals surface area contributed by atoms with Crippen molar-refractivity contribution in [1.29, 1.82) is 0 Å². The number of hydrogen-bond acceptors (Lipinski definition) is 4. The van der Waals surface area contributed by atoms with Crippen LogP contribution in [0, 0.1) is 0 Å². The lowest BCUT2D eigenvalue weighted by Crippen LogP contribution is -2.64.